The van der Waals surface area contributed by atoms with Crippen LogP contribution in [-0.4, -0.2) is 65.7 Å². The number of hydrogen-bond donors (Lipinski definition) is 2. The molecule has 1 fully saturated rings. The first kappa shape index (κ1) is 16.6. The highest BCUT2D eigenvalue weighted by molar-refractivity contribution is 5.93. The molecule has 2 rings (SSSR count). The van der Waals surface area contributed by atoms with Gasteiger partial charge in [-0.25, -0.2) is 9.97 Å². The molecule has 2 N–H and O–H groups in total. The molecule has 1 aliphatic heterocycles. The smallest absolute Gasteiger partial charge is 0.270 e. The van der Waals surface area contributed by atoms with Crippen molar-refractivity contribution in [2.75, 3.05) is 44.7 Å². The minimum absolute atomic E-state index is 0.189. The van der Waals surface area contributed by atoms with Crippen molar-refractivity contribution in [2.24, 2.45) is 0 Å². The fourth-order valence-electron chi connectivity index (χ4n) is 2.15. The number of carbonyl (C=O) groups excluding carboxylic acids is 1. The van der Waals surface area contributed by atoms with Crippen LogP contribution in [-0.2, 0) is 4.74 Å². The third-order valence-corrected chi connectivity index (χ3v) is 3.23. The molecule has 0 spiro atoms. The molecule has 0 atom stereocenters. The number of morpholine rings is 1. The maximum atomic E-state index is 12.1. The lowest BCUT2D eigenvalue weighted by Gasteiger charge is -2.26. The van der Waals surface area contributed by atoms with Gasteiger partial charge in [-0.15, -0.1) is 0 Å². The van der Waals surface area contributed by atoms with Crippen LogP contribution < -0.4 is 10.6 Å². The van der Waals surface area contributed by atoms with Crippen LogP contribution in [0.3, 0.4) is 0 Å². The second-order valence-corrected chi connectivity index (χ2v) is 6.37. The van der Waals surface area contributed by atoms with Gasteiger partial charge in [0.05, 0.1) is 13.2 Å². The van der Waals surface area contributed by atoms with E-state index in [2.05, 4.69) is 25.5 Å². The first-order valence-electron chi connectivity index (χ1n) is 7.62. The standard InChI is InChI=1S/C15H25N5O2/c1-15(2,3)19-14(21)12-10-13(18-11-17-12)16-4-5-20-6-8-22-9-7-20/h10-11H,4-9H2,1-3H3,(H,19,21)(H,16,17,18). The molecule has 7 heteroatoms. The highest BCUT2D eigenvalue weighted by atomic mass is 16.5. The van der Waals surface area contributed by atoms with Crippen LogP contribution in [0.5, 0.6) is 0 Å². The van der Waals surface area contributed by atoms with Crippen molar-refractivity contribution < 1.29 is 9.53 Å². The van der Waals surface area contributed by atoms with Gasteiger partial charge >= 0.3 is 0 Å². The maximum Gasteiger partial charge on any atom is 0.270 e. The topological polar surface area (TPSA) is 79.4 Å². The fraction of sp³-hybridized carbons (Fsp3) is 0.667. The van der Waals surface area contributed by atoms with Gasteiger partial charge in [0, 0.05) is 37.8 Å². The number of ether oxygens (including phenoxy) is 1. The molecule has 0 radical (unpaired) electrons. The average molecular weight is 307 g/mol. The van der Waals surface area contributed by atoms with Gasteiger partial charge in [-0.05, 0) is 20.8 Å². The van der Waals surface area contributed by atoms with Gasteiger partial charge < -0.3 is 15.4 Å². The Kier molecular flexibility index (Phi) is 5.68. The van der Waals surface area contributed by atoms with Crippen LogP contribution in [0, 0.1) is 0 Å². The van der Waals surface area contributed by atoms with Gasteiger partial charge in [-0.2, -0.15) is 0 Å². The maximum absolute atomic E-state index is 12.1. The predicted molar refractivity (Wildman–Crippen MR) is 85.0 cm³/mol. The zero-order valence-corrected chi connectivity index (χ0v) is 13.6. The largest absolute Gasteiger partial charge is 0.379 e. The molecule has 0 aliphatic carbocycles. The van der Waals surface area contributed by atoms with E-state index in [1.165, 1.54) is 6.33 Å². The lowest BCUT2D eigenvalue weighted by atomic mass is 10.1. The zero-order chi connectivity index (χ0) is 16.0. The van der Waals surface area contributed by atoms with E-state index in [4.69, 9.17) is 4.74 Å². The summed E-state index contributed by atoms with van der Waals surface area (Å²) in [5.74, 6) is 0.480. The Balaban J connectivity index is 1.84. The van der Waals surface area contributed by atoms with Crippen molar-refractivity contribution in [1.82, 2.24) is 20.2 Å². The molecule has 22 heavy (non-hydrogen) atoms. The number of rotatable bonds is 5. The van der Waals surface area contributed by atoms with E-state index in [9.17, 15) is 4.79 Å². The summed E-state index contributed by atoms with van der Waals surface area (Å²) in [6.07, 6.45) is 1.41. The molecule has 0 bridgehead atoms. The number of hydrogen-bond acceptors (Lipinski definition) is 6. The number of amides is 1. The second kappa shape index (κ2) is 7.51. The highest BCUT2D eigenvalue weighted by Gasteiger charge is 2.16. The van der Waals surface area contributed by atoms with Gasteiger partial charge in [-0.3, -0.25) is 9.69 Å². The summed E-state index contributed by atoms with van der Waals surface area (Å²) in [6, 6.07) is 1.68. The first-order valence-corrected chi connectivity index (χ1v) is 7.62. The van der Waals surface area contributed by atoms with Crippen molar-refractivity contribution in [3.05, 3.63) is 18.1 Å². The van der Waals surface area contributed by atoms with E-state index in [1.807, 2.05) is 20.8 Å². The van der Waals surface area contributed by atoms with Crippen molar-refractivity contribution in [3.8, 4) is 0 Å². The fourth-order valence-corrected chi connectivity index (χ4v) is 2.15. The van der Waals surface area contributed by atoms with Gasteiger partial charge in [0.15, 0.2) is 0 Å². The Morgan fingerprint density at radius 2 is 2.05 bits per heavy atom. The molecule has 0 unspecified atom stereocenters. The zero-order valence-electron chi connectivity index (χ0n) is 13.6. The van der Waals surface area contributed by atoms with Crippen LogP contribution in [0.4, 0.5) is 5.82 Å². The molecule has 0 aromatic carbocycles. The summed E-state index contributed by atoms with van der Waals surface area (Å²) >= 11 is 0. The molecule has 1 aromatic rings. The van der Waals surface area contributed by atoms with Gasteiger partial charge in [0.25, 0.3) is 5.91 Å². The quantitative estimate of drug-likeness (QED) is 0.836. The summed E-state index contributed by atoms with van der Waals surface area (Å²) in [4.78, 5) is 22.6. The third kappa shape index (κ3) is 5.57. The summed E-state index contributed by atoms with van der Waals surface area (Å²) in [5.41, 5.74) is 0.0881. The predicted octanol–water partition coefficient (Wildman–Crippen LogP) is 0.749. The third-order valence-electron chi connectivity index (χ3n) is 3.23. The van der Waals surface area contributed by atoms with E-state index in [0.29, 0.717) is 11.5 Å². The minimum atomic E-state index is -0.286. The van der Waals surface area contributed by atoms with Crippen LogP contribution in [0.25, 0.3) is 0 Å². The van der Waals surface area contributed by atoms with Gasteiger partial charge in [-0.1, -0.05) is 0 Å². The van der Waals surface area contributed by atoms with Gasteiger partial charge in [0.2, 0.25) is 0 Å². The molecule has 1 aliphatic rings. The summed E-state index contributed by atoms with van der Waals surface area (Å²) < 4.78 is 5.32. The molecule has 2 heterocycles. The molecule has 122 valence electrons. The summed E-state index contributed by atoms with van der Waals surface area (Å²) in [5, 5.41) is 6.13. The number of aromatic nitrogens is 2. The van der Waals surface area contributed by atoms with E-state index in [-0.39, 0.29) is 11.4 Å². The summed E-state index contributed by atoms with van der Waals surface area (Å²) in [6.45, 7) is 11.0. The normalized spacial score (nSPS) is 16.3. The summed E-state index contributed by atoms with van der Waals surface area (Å²) in [7, 11) is 0. The number of anilines is 1. The number of carbonyl (C=O) groups is 1. The number of nitrogens with zero attached hydrogens (tertiary/aromatic N) is 3. The van der Waals surface area contributed by atoms with Crippen molar-refractivity contribution >= 4 is 11.7 Å². The van der Waals surface area contributed by atoms with E-state index >= 15 is 0 Å². The molecule has 1 saturated heterocycles. The van der Waals surface area contributed by atoms with Gasteiger partial charge in [0.1, 0.15) is 17.8 Å². The van der Waals surface area contributed by atoms with Crippen LogP contribution in [0.15, 0.2) is 12.4 Å². The Morgan fingerprint density at radius 1 is 1.32 bits per heavy atom. The Bertz CT molecular complexity index is 495. The SMILES string of the molecule is CC(C)(C)NC(=O)c1cc(NCCN2CCOCC2)ncn1. The Hall–Kier alpha value is -1.73. The monoisotopic (exact) mass is 307 g/mol. The molecule has 7 nitrogen and oxygen atoms in total. The van der Waals surface area contributed by atoms with E-state index in [1.54, 1.807) is 6.07 Å². The molecular weight excluding hydrogens is 282 g/mol. The highest BCUT2D eigenvalue weighted by Crippen LogP contribution is 2.07. The minimum Gasteiger partial charge on any atom is -0.379 e. The first-order chi connectivity index (χ1) is 10.4. The lowest BCUT2D eigenvalue weighted by Crippen LogP contribution is -2.41. The van der Waals surface area contributed by atoms with Crippen LogP contribution in [0.2, 0.25) is 0 Å². The molecule has 0 saturated carbocycles. The second-order valence-electron chi connectivity index (χ2n) is 6.37. The van der Waals surface area contributed by atoms with E-state index < -0.39 is 0 Å². The lowest BCUT2D eigenvalue weighted by molar-refractivity contribution is 0.0398. The van der Waals surface area contributed by atoms with Crippen LogP contribution in [0.1, 0.15) is 31.3 Å². The van der Waals surface area contributed by atoms with Crippen molar-refractivity contribution in [3.63, 3.8) is 0 Å². The molecule has 1 amide bonds. The average Bonchev–Trinajstić information content (AvgIpc) is 2.47. The van der Waals surface area contributed by atoms with E-state index in [0.717, 1.165) is 39.4 Å². The number of nitrogens with one attached hydrogen (secondary N) is 2. The molecular formula is C15H25N5O2. The van der Waals surface area contributed by atoms with Crippen molar-refractivity contribution in [2.45, 2.75) is 26.3 Å². The molecule has 1 aromatic heterocycles. The van der Waals surface area contributed by atoms with Crippen LogP contribution >= 0.6 is 0 Å². The Labute approximate surface area is 131 Å². The Morgan fingerprint density at radius 3 is 2.73 bits per heavy atom. The van der Waals surface area contributed by atoms with Crippen molar-refractivity contribution in [1.29, 1.82) is 0 Å².